The molecule has 0 atom stereocenters. The molecule has 1 aliphatic carbocycles. The van der Waals surface area contributed by atoms with Gasteiger partial charge >= 0.3 is 0 Å². The van der Waals surface area contributed by atoms with Crippen LogP contribution >= 0.6 is 15.9 Å². The lowest BCUT2D eigenvalue weighted by Gasteiger charge is -2.08. The summed E-state index contributed by atoms with van der Waals surface area (Å²) in [6.45, 7) is 0. The van der Waals surface area contributed by atoms with Crippen LogP contribution in [-0.2, 0) is 0 Å². The van der Waals surface area contributed by atoms with E-state index in [1.54, 1.807) is 6.07 Å². The maximum atomic E-state index is 13.0. The van der Waals surface area contributed by atoms with Crippen molar-refractivity contribution in [3.63, 3.8) is 0 Å². The van der Waals surface area contributed by atoms with Crippen molar-refractivity contribution in [1.29, 1.82) is 0 Å². The maximum absolute atomic E-state index is 13.0. The van der Waals surface area contributed by atoms with Gasteiger partial charge in [-0.1, -0.05) is 41.6 Å². The van der Waals surface area contributed by atoms with Gasteiger partial charge in [0.1, 0.15) is 5.82 Å². The Morgan fingerprint density at radius 2 is 2.06 bits per heavy atom. The third kappa shape index (κ3) is 2.70. The van der Waals surface area contributed by atoms with Gasteiger partial charge in [-0.3, -0.25) is 4.79 Å². The van der Waals surface area contributed by atoms with Gasteiger partial charge in [-0.2, -0.15) is 0 Å². The molecule has 1 saturated carbocycles. The fourth-order valence-electron chi connectivity index (χ4n) is 2.30. The second kappa shape index (κ2) is 5.09. The van der Waals surface area contributed by atoms with Gasteiger partial charge in [-0.25, -0.2) is 4.39 Å². The molecule has 0 aromatic heterocycles. The maximum Gasteiger partial charge on any atom is 0.164 e. The summed E-state index contributed by atoms with van der Waals surface area (Å²) in [6.07, 6.45) is 5.28. The van der Waals surface area contributed by atoms with Crippen molar-refractivity contribution in [2.45, 2.75) is 32.1 Å². The summed E-state index contributed by atoms with van der Waals surface area (Å²) >= 11 is 3.29. The normalized spacial score (nSPS) is 16.6. The molecule has 2 rings (SSSR count). The highest BCUT2D eigenvalue weighted by atomic mass is 79.9. The molecule has 0 radical (unpaired) electrons. The van der Waals surface area contributed by atoms with Gasteiger partial charge in [0.25, 0.3) is 0 Å². The smallest absolute Gasteiger partial charge is 0.164 e. The lowest BCUT2D eigenvalue weighted by Crippen LogP contribution is -2.07. The van der Waals surface area contributed by atoms with Crippen molar-refractivity contribution in [1.82, 2.24) is 0 Å². The molecule has 16 heavy (non-hydrogen) atoms. The monoisotopic (exact) mass is 284 g/mol. The third-order valence-corrected chi connectivity index (χ3v) is 3.87. The molecule has 0 heterocycles. The van der Waals surface area contributed by atoms with Crippen LogP contribution in [0.1, 0.15) is 42.5 Å². The number of carbonyl (C=O) groups is 1. The van der Waals surface area contributed by atoms with Crippen molar-refractivity contribution < 1.29 is 9.18 Å². The zero-order chi connectivity index (χ0) is 11.5. The standard InChI is InChI=1S/C13H14BrFO/c14-12-6-5-10(15)8-11(12)13(16)7-9-3-1-2-4-9/h5-6,8-9H,1-4,7H2. The van der Waals surface area contributed by atoms with Crippen LogP contribution in [0.4, 0.5) is 4.39 Å². The second-order valence-corrected chi connectivity index (χ2v) is 5.26. The molecule has 0 spiro atoms. The molecule has 1 aliphatic rings. The van der Waals surface area contributed by atoms with Crippen LogP contribution in [0, 0.1) is 11.7 Å². The van der Waals surface area contributed by atoms with Crippen molar-refractivity contribution >= 4 is 21.7 Å². The van der Waals surface area contributed by atoms with Gasteiger partial charge in [0.15, 0.2) is 5.78 Å². The van der Waals surface area contributed by atoms with Gasteiger partial charge < -0.3 is 0 Å². The molecule has 0 N–H and O–H groups in total. The van der Waals surface area contributed by atoms with E-state index in [0.717, 1.165) is 12.8 Å². The van der Waals surface area contributed by atoms with Crippen LogP contribution in [0.3, 0.4) is 0 Å². The number of halogens is 2. The zero-order valence-corrected chi connectivity index (χ0v) is 10.6. The van der Waals surface area contributed by atoms with Gasteiger partial charge in [-0.05, 0) is 24.1 Å². The molecule has 1 aromatic rings. The first-order valence-corrected chi connectivity index (χ1v) is 6.44. The predicted octanol–water partition coefficient (Wildman–Crippen LogP) is 4.35. The van der Waals surface area contributed by atoms with Crippen LogP contribution < -0.4 is 0 Å². The summed E-state index contributed by atoms with van der Waals surface area (Å²) in [7, 11) is 0. The fourth-order valence-corrected chi connectivity index (χ4v) is 2.77. The van der Waals surface area contributed by atoms with Gasteiger partial charge in [-0.15, -0.1) is 0 Å². The van der Waals surface area contributed by atoms with Crippen molar-refractivity contribution in [2.75, 3.05) is 0 Å². The van der Waals surface area contributed by atoms with Gasteiger partial charge in [0.05, 0.1) is 0 Å². The molecule has 0 amide bonds. The highest BCUT2D eigenvalue weighted by Gasteiger charge is 2.20. The van der Waals surface area contributed by atoms with E-state index in [1.807, 2.05) is 0 Å². The van der Waals surface area contributed by atoms with Crippen LogP contribution in [0.25, 0.3) is 0 Å². The highest BCUT2D eigenvalue weighted by molar-refractivity contribution is 9.10. The molecular weight excluding hydrogens is 271 g/mol. The SMILES string of the molecule is O=C(CC1CCCC1)c1cc(F)ccc1Br. The minimum atomic E-state index is -0.349. The molecular formula is C13H14BrFO. The first kappa shape index (κ1) is 11.8. The van der Waals surface area contributed by atoms with Crippen LogP contribution in [-0.4, -0.2) is 5.78 Å². The van der Waals surface area contributed by atoms with E-state index in [1.165, 1.54) is 25.0 Å². The van der Waals surface area contributed by atoms with Crippen LogP contribution in [0.2, 0.25) is 0 Å². The quantitative estimate of drug-likeness (QED) is 0.754. The number of rotatable bonds is 3. The molecule has 1 nitrogen and oxygen atoms in total. The van der Waals surface area contributed by atoms with Gasteiger partial charge in [0, 0.05) is 16.5 Å². The fraction of sp³-hybridized carbons (Fsp3) is 0.462. The Bertz CT molecular complexity index is 397. The van der Waals surface area contributed by atoms with E-state index in [9.17, 15) is 9.18 Å². The second-order valence-electron chi connectivity index (χ2n) is 4.40. The Morgan fingerprint density at radius 1 is 1.38 bits per heavy atom. The number of carbonyl (C=O) groups excluding carboxylic acids is 1. The Morgan fingerprint density at radius 3 is 2.75 bits per heavy atom. The Hall–Kier alpha value is -0.700. The van der Waals surface area contributed by atoms with Gasteiger partial charge in [0.2, 0.25) is 0 Å². The van der Waals surface area contributed by atoms with E-state index < -0.39 is 0 Å². The molecule has 86 valence electrons. The predicted molar refractivity (Wildman–Crippen MR) is 65.0 cm³/mol. The van der Waals surface area contributed by atoms with E-state index in [-0.39, 0.29) is 11.6 Å². The van der Waals surface area contributed by atoms with Crippen molar-refractivity contribution in [3.8, 4) is 0 Å². The summed E-state index contributed by atoms with van der Waals surface area (Å²) in [4.78, 5) is 12.0. The summed E-state index contributed by atoms with van der Waals surface area (Å²) < 4.78 is 13.7. The minimum Gasteiger partial charge on any atom is -0.294 e. The molecule has 0 bridgehead atoms. The van der Waals surface area contributed by atoms with Crippen LogP contribution in [0.15, 0.2) is 22.7 Å². The van der Waals surface area contributed by atoms with E-state index in [4.69, 9.17) is 0 Å². The molecule has 1 fully saturated rings. The van der Waals surface area contributed by atoms with E-state index in [2.05, 4.69) is 15.9 Å². The molecule has 0 saturated heterocycles. The van der Waals surface area contributed by atoms with Crippen molar-refractivity contribution in [2.24, 2.45) is 5.92 Å². The molecule has 0 unspecified atom stereocenters. The van der Waals surface area contributed by atoms with E-state index >= 15 is 0 Å². The molecule has 1 aromatic carbocycles. The number of hydrogen-bond acceptors (Lipinski definition) is 1. The number of benzene rings is 1. The average Bonchev–Trinajstić information content (AvgIpc) is 2.74. The average molecular weight is 285 g/mol. The first-order valence-electron chi connectivity index (χ1n) is 5.65. The van der Waals surface area contributed by atoms with Crippen LogP contribution in [0.5, 0.6) is 0 Å². The first-order chi connectivity index (χ1) is 7.66. The van der Waals surface area contributed by atoms with E-state index in [0.29, 0.717) is 22.4 Å². The summed E-state index contributed by atoms with van der Waals surface area (Å²) in [5.41, 5.74) is 0.479. The Kier molecular flexibility index (Phi) is 3.74. The topological polar surface area (TPSA) is 17.1 Å². The Balaban J connectivity index is 2.10. The largest absolute Gasteiger partial charge is 0.294 e. The summed E-state index contributed by atoms with van der Waals surface area (Å²) in [6, 6.07) is 4.27. The molecule has 0 aliphatic heterocycles. The highest BCUT2D eigenvalue weighted by Crippen LogP contribution is 2.30. The number of hydrogen-bond donors (Lipinski definition) is 0. The summed E-state index contributed by atoms with van der Waals surface area (Å²) in [5, 5.41) is 0. The van der Waals surface area contributed by atoms with Crippen molar-refractivity contribution in [3.05, 3.63) is 34.1 Å². The number of Topliss-reactive ketones (excluding diaryl/α,β-unsaturated/α-hetero) is 1. The lowest BCUT2D eigenvalue weighted by molar-refractivity contribution is 0.0961. The summed E-state index contributed by atoms with van der Waals surface area (Å²) in [5.74, 6) is 0.207. The lowest BCUT2D eigenvalue weighted by atomic mass is 9.97. The molecule has 3 heteroatoms. The third-order valence-electron chi connectivity index (χ3n) is 3.18. The minimum absolute atomic E-state index is 0.0540. The zero-order valence-electron chi connectivity index (χ0n) is 9.01. The number of ketones is 1. The Labute approximate surface area is 103 Å².